The zero-order valence-electron chi connectivity index (χ0n) is 18.7. The van der Waals surface area contributed by atoms with E-state index in [2.05, 4.69) is 34.2 Å². The number of imidazole rings is 1. The first-order chi connectivity index (χ1) is 16.4. The normalized spacial score (nSPS) is 11.1. The molecule has 6 N–H and O–H groups in total. The van der Waals surface area contributed by atoms with Crippen molar-refractivity contribution in [2.75, 3.05) is 13.1 Å². The molecule has 1 atom stereocenters. The first-order valence-corrected chi connectivity index (χ1v) is 10.5. The van der Waals surface area contributed by atoms with E-state index in [9.17, 15) is 14.4 Å². The van der Waals surface area contributed by atoms with E-state index in [4.69, 9.17) is 21.3 Å². The fourth-order valence-electron chi connectivity index (χ4n) is 2.89. The molecule has 3 rings (SSSR count). The van der Waals surface area contributed by atoms with E-state index in [0.29, 0.717) is 23.8 Å². The van der Waals surface area contributed by atoms with Crippen LogP contribution >= 0.6 is 0 Å². The van der Waals surface area contributed by atoms with E-state index >= 15 is 0 Å². The Morgan fingerprint density at radius 3 is 2.00 bits per heavy atom. The molecule has 180 valence electrons. The lowest BCUT2D eigenvalue weighted by Gasteiger charge is -2.21. The summed E-state index contributed by atoms with van der Waals surface area (Å²) >= 11 is 0. The highest BCUT2D eigenvalue weighted by Crippen LogP contribution is 2.05. The number of carbonyl (C=O) groups excluding carboxylic acids is 2. The van der Waals surface area contributed by atoms with Crippen LogP contribution in [0.5, 0.6) is 0 Å². The quantitative estimate of drug-likeness (QED) is 0.344. The minimum atomic E-state index is -1.32. The van der Waals surface area contributed by atoms with Gasteiger partial charge in [-0.3, -0.25) is 19.3 Å². The molecule has 0 aliphatic heterocycles. The van der Waals surface area contributed by atoms with Crippen molar-refractivity contribution in [1.82, 2.24) is 14.9 Å². The summed E-state index contributed by atoms with van der Waals surface area (Å²) in [4.78, 5) is 41.1. The number of carbonyl (C=O) groups is 3. The van der Waals surface area contributed by atoms with Gasteiger partial charge in [-0.2, -0.15) is 0 Å². The van der Waals surface area contributed by atoms with Crippen LogP contribution in [0.2, 0.25) is 0 Å². The molecule has 2 amide bonds. The SMILES string of the molecule is NCC(=O)N(CC(=O)O)C(=O)C(N)Cc1cnc[nH]1.c1ccc(COCc2ccccc2)cc1. The number of rotatable bonds is 10. The van der Waals surface area contributed by atoms with Crippen molar-refractivity contribution >= 4 is 17.8 Å². The number of carboxylic acids is 1. The Morgan fingerprint density at radius 2 is 1.56 bits per heavy atom. The summed E-state index contributed by atoms with van der Waals surface area (Å²) in [7, 11) is 0. The van der Waals surface area contributed by atoms with E-state index in [1.54, 1.807) is 0 Å². The van der Waals surface area contributed by atoms with Gasteiger partial charge >= 0.3 is 5.97 Å². The number of aromatic amines is 1. The van der Waals surface area contributed by atoms with E-state index in [1.807, 2.05) is 36.4 Å². The molecule has 2 aromatic carbocycles. The van der Waals surface area contributed by atoms with Gasteiger partial charge in [0.25, 0.3) is 0 Å². The van der Waals surface area contributed by atoms with E-state index in [0.717, 1.165) is 0 Å². The third-order valence-corrected chi connectivity index (χ3v) is 4.57. The maximum Gasteiger partial charge on any atom is 0.323 e. The molecule has 0 radical (unpaired) electrons. The minimum Gasteiger partial charge on any atom is -0.480 e. The summed E-state index contributed by atoms with van der Waals surface area (Å²) in [5, 5.41) is 8.67. The summed E-state index contributed by atoms with van der Waals surface area (Å²) in [6.07, 6.45) is 3.03. The fraction of sp³-hybridized carbons (Fsp3) is 0.250. The zero-order valence-corrected chi connectivity index (χ0v) is 18.7. The van der Waals surface area contributed by atoms with Crippen LogP contribution in [0.3, 0.4) is 0 Å². The van der Waals surface area contributed by atoms with Gasteiger partial charge in [-0.05, 0) is 11.1 Å². The third-order valence-electron chi connectivity index (χ3n) is 4.57. The highest BCUT2D eigenvalue weighted by Gasteiger charge is 2.27. The number of hydrogen-bond donors (Lipinski definition) is 4. The standard InChI is InChI=1S/C14H14O.C10H15N5O4/c1-3-7-13(8-4-1)11-15-12-14-9-5-2-6-10-14;11-2-8(16)15(4-9(17)18)10(19)7(12)1-6-3-13-5-14-6/h1-10H,11-12H2;3,5,7H,1-2,4,11-12H2,(H,13,14)(H,17,18). The molecule has 1 aromatic heterocycles. The topological polar surface area (TPSA) is 165 Å². The number of imide groups is 1. The molecule has 0 fully saturated rings. The molecular weight excluding hydrogens is 438 g/mol. The maximum absolute atomic E-state index is 11.9. The lowest BCUT2D eigenvalue weighted by atomic mass is 10.1. The van der Waals surface area contributed by atoms with Gasteiger partial charge in [-0.1, -0.05) is 60.7 Å². The highest BCUT2D eigenvalue weighted by molar-refractivity contribution is 6.00. The number of nitrogens with one attached hydrogen (secondary N) is 1. The number of amides is 2. The summed E-state index contributed by atoms with van der Waals surface area (Å²) in [6, 6.07) is 19.4. The van der Waals surface area contributed by atoms with Gasteiger partial charge < -0.3 is 26.3 Å². The second-order valence-electron chi connectivity index (χ2n) is 7.27. The third kappa shape index (κ3) is 9.33. The second kappa shape index (κ2) is 14.3. The number of carboxylic acid groups (broad SMARTS) is 1. The predicted molar refractivity (Wildman–Crippen MR) is 125 cm³/mol. The Bertz CT molecular complexity index is 973. The van der Waals surface area contributed by atoms with Gasteiger partial charge in [0.1, 0.15) is 6.54 Å². The van der Waals surface area contributed by atoms with Crippen LogP contribution in [0.25, 0.3) is 0 Å². The minimum absolute atomic E-state index is 0.118. The first kappa shape index (κ1) is 26.4. The fourth-order valence-corrected chi connectivity index (χ4v) is 2.89. The number of aromatic nitrogens is 2. The molecule has 1 heterocycles. The van der Waals surface area contributed by atoms with Gasteiger partial charge in [0, 0.05) is 18.3 Å². The first-order valence-electron chi connectivity index (χ1n) is 10.5. The Labute approximate surface area is 197 Å². The number of H-pyrrole nitrogens is 1. The van der Waals surface area contributed by atoms with Gasteiger partial charge in [-0.25, -0.2) is 4.98 Å². The molecule has 0 aliphatic rings. The van der Waals surface area contributed by atoms with Crippen molar-refractivity contribution < 1.29 is 24.2 Å². The number of hydrogen-bond acceptors (Lipinski definition) is 7. The molecule has 0 bridgehead atoms. The summed E-state index contributed by atoms with van der Waals surface area (Å²) in [6.45, 7) is 0.132. The van der Waals surface area contributed by atoms with E-state index < -0.39 is 36.9 Å². The van der Waals surface area contributed by atoms with Crippen LogP contribution in [0.15, 0.2) is 73.2 Å². The number of aliphatic carboxylic acids is 1. The number of nitrogens with zero attached hydrogens (tertiary/aromatic N) is 2. The van der Waals surface area contributed by atoms with Crippen molar-refractivity contribution in [3.63, 3.8) is 0 Å². The van der Waals surface area contributed by atoms with E-state index in [1.165, 1.54) is 23.7 Å². The molecule has 0 saturated carbocycles. The monoisotopic (exact) mass is 467 g/mol. The second-order valence-corrected chi connectivity index (χ2v) is 7.27. The Hall–Kier alpha value is -3.86. The van der Waals surface area contributed by atoms with Crippen LogP contribution in [-0.2, 0) is 38.8 Å². The predicted octanol–water partition coefficient (Wildman–Crippen LogP) is 1.08. The lowest BCUT2D eigenvalue weighted by molar-refractivity contribution is -0.152. The van der Waals surface area contributed by atoms with Crippen molar-refractivity contribution in [2.24, 2.45) is 11.5 Å². The van der Waals surface area contributed by atoms with Crippen molar-refractivity contribution in [3.05, 3.63) is 90.0 Å². The Morgan fingerprint density at radius 1 is 1.00 bits per heavy atom. The number of ether oxygens (including phenoxy) is 1. The van der Waals surface area contributed by atoms with Crippen molar-refractivity contribution in [3.8, 4) is 0 Å². The lowest BCUT2D eigenvalue weighted by Crippen LogP contribution is -2.51. The van der Waals surface area contributed by atoms with Crippen LogP contribution in [0.4, 0.5) is 0 Å². The molecule has 3 aromatic rings. The van der Waals surface area contributed by atoms with Crippen LogP contribution in [-0.4, -0.2) is 56.9 Å². The molecule has 10 heteroatoms. The molecule has 34 heavy (non-hydrogen) atoms. The summed E-state index contributed by atoms with van der Waals surface area (Å²) < 4.78 is 5.61. The van der Waals surface area contributed by atoms with E-state index in [-0.39, 0.29) is 6.42 Å². The maximum atomic E-state index is 11.9. The average Bonchev–Trinajstić information content (AvgIpc) is 3.36. The molecule has 0 saturated heterocycles. The molecule has 0 spiro atoms. The van der Waals surface area contributed by atoms with Gasteiger partial charge in [0.05, 0.1) is 32.1 Å². The largest absolute Gasteiger partial charge is 0.480 e. The highest BCUT2D eigenvalue weighted by atomic mass is 16.5. The van der Waals surface area contributed by atoms with Gasteiger partial charge in [0.15, 0.2) is 0 Å². The van der Waals surface area contributed by atoms with Crippen LogP contribution in [0, 0.1) is 0 Å². The van der Waals surface area contributed by atoms with Crippen molar-refractivity contribution in [2.45, 2.75) is 25.7 Å². The number of benzene rings is 2. The molecule has 0 aliphatic carbocycles. The Kier molecular flexibility index (Phi) is 11.1. The Balaban J connectivity index is 0.000000246. The number of nitrogens with two attached hydrogens (primary N) is 2. The average molecular weight is 468 g/mol. The zero-order chi connectivity index (χ0) is 24.8. The van der Waals surface area contributed by atoms with Crippen molar-refractivity contribution in [1.29, 1.82) is 0 Å². The molecule has 10 nitrogen and oxygen atoms in total. The summed E-state index contributed by atoms with van der Waals surface area (Å²) in [5.41, 5.74) is 13.8. The molecule has 1 unspecified atom stereocenters. The molecular formula is C24H29N5O5. The van der Waals surface area contributed by atoms with Gasteiger partial charge in [0.2, 0.25) is 11.8 Å². The van der Waals surface area contributed by atoms with Crippen LogP contribution in [0.1, 0.15) is 16.8 Å². The smallest absolute Gasteiger partial charge is 0.323 e. The van der Waals surface area contributed by atoms with Gasteiger partial charge in [-0.15, -0.1) is 0 Å². The summed E-state index contributed by atoms with van der Waals surface area (Å²) in [5.74, 6) is -2.89. The van der Waals surface area contributed by atoms with Crippen LogP contribution < -0.4 is 11.5 Å².